The highest BCUT2D eigenvalue weighted by atomic mass is 16.7. The van der Waals surface area contributed by atoms with Crippen LogP contribution >= 0.6 is 0 Å². The summed E-state index contributed by atoms with van der Waals surface area (Å²) in [7, 11) is 0. The van der Waals surface area contributed by atoms with Gasteiger partial charge >= 0.3 is 0 Å². The minimum Gasteiger partial charge on any atom is -0.353 e. The molecule has 0 amide bonds. The van der Waals surface area contributed by atoms with Crippen molar-refractivity contribution in [1.82, 2.24) is 4.90 Å². The number of rotatable bonds is 3. The van der Waals surface area contributed by atoms with E-state index in [1.54, 1.807) is 0 Å². The van der Waals surface area contributed by atoms with E-state index in [0.717, 1.165) is 38.5 Å². The van der Waals surface area contributed by atoms with Crippen LogP contribution in [0.5, 0.6) is 0 Å². The summed E-state index contributed by atoms with van der Waals surface area (Å²) in [6, 6.07) is 0. The van der Waals surface area contributed by atoms with Crippen molar-refractivity contribution < 1.29 is 9.47 Å². The van der Waals surface area contributed by atoms with Gasteiger partial charge in [-0.3, -0.25) is 0 Å². The fraction of sp³-hybridized carbons (Fsp3) is 1.00. The summed E-state index contributed by atoms with van der Waals surface area (Å²) in [5, 5.41) is 0. The van der Waals surface area contributed by atoms with Gasteiger partial charge in [0.2, 0.25) is 0 Å². The molecule has 1 unspecified atom stereocenters. The van der Waals surface area contributed by atoms with Crippen molar-refractivity contribution in [3.05, 3.63) is 0 Å². The lowest BCUT2D eigenvalue weighted by molar-refractivity contribution is -0.182. The fourth-order valence-corrected chi connectivity index (χ4v) is 2.73. The van der Waals surface area contributed by atoms with Crippen LogP contribution < -0.4 is 0 Å². The zero-order chi connectivity index (χ0) is 12.3. The largest absolute Gasteiger partial charge is 0.353 e. The average Bonchev–Trinajstić information content (AvgIpc) is 2.76. The molecule has 0 saturated carbocycles. The van der Waals surface area contributed by atoms with Crippen LogP contribution in [0.1, 0.15) is 40.0 Å². The summed E-state index contributed by atoms with van der Waals surface area (Å²) in [5.41, 5.74) is 0.451. The highest BCUT2D eigenvalue weighted by molar-refractivity contribution is 4.83. The third kappa shape index (κ3) is 3.94. The molecule has 2 heterocycles. The second kappa shape index (κ2) is 5.68. The quantitative estimate of drug-likeness (QED) is 0.758. The molecule has 2 fully saturated rings. The molecule has 0 aliphatic carbocycles. The first kappa shape index (κ1) is 13.3. The molecule has 1 atom stereocenters. The van der Waals surface area contributed by atoms with Crippen molar-refractivity contribution in [3.63, 3.8) is 0 Å². The van der Waals surface area contributed by atoms with Crippen LogP contribution in [0.4, 0.5) is 0 Å². The molecule has 2 aliphatic heterocycles. The van der Waals surface area contributed by atoms with E-state index in [1.165, 1.54) is 19.5 Å². The molecule has 0 radical (unpaired) electrons. The van der Waals surface area contributed by atoms with Gasteiger partial charge in [-0.25, -0.2) is 0 Å². The summed E-state index contributed by atoms with van der Waals surface area (Å²) in [6.45, 7) is 12.4. The molecule has 2 aliphatic rings. The van der Waals surface area contributed by atoms with E-state index in [4.69, 9.17) is 9.47 Å². The lowest BCUT2D eigenvalue weighted by Crippen LogP contribution is -2.31. The molecule has 0 aromatic heterocycles. The maximum absolute atomic E-state index is 5.58. The Kier molecular flexibility index (Phi) is 4.45. The van der Waals surface area contributed by atoms with Crippen molar-refractivity contribution >= 4 is 0 Å². The standard InChI is InChI=1S/C14H27NO2/c1-14(2,3)12-5-7-15(11-12)8-6-13-16-9-4-10-17-13/h12-13H,4-11H2,1-3H3. The van der Waals surface area contributed by atoms with E-state index in [9.17, 15) is 0 Å². The summed E-state index contributed by atoms with van der Waals surface area (Å²) >= 11 is 0. The van der Waals surface area contributed by atoms with Gasteiger partial charge in [0, 0.05) is 19.5 Å². The third-order valence-corrected chi connectivity index (χ3v) is 4.07. The third-order valence-electron chi connectivity index (χ3n) is 4.07. The predicted octanol–water partition coefficient (Wildman–Crippen LogP) is 2.51. The average molecular weight is 241 g/mol. The lowest BCUT2D eigenvalue weighted by Gasteiger charge is -2.28. The van der Waals surface area contributed by atoms with Crippen molar-refractivity contribution in [3.8, 4) is 0 Å². The predicted molar refractivity (Wildman–Crippen MR) is 68.9 cm³/mol. The molecule has 0 bridgehead atoms. The second-order valence-electron chi connectivity index (χ2n) is 6.47. The zero-order valence-electron chi connectivity index (χ0n) is 11.6. The van der Waals surface area contributed by atoms with E-state index >= 15 is 0 Å². The van der Waals surface area contributed by atoms with Crippen LogP contribution in [-0.4, -0.2) is 44.0 Å². The second-order valence-corrected chi connectivity index (χ2v) is 6.47. The number of ether oxygens (including phenoxy) is 2. The van der Waals surface area contributed by atoms with Gasteiger partial charge < -0.3 is 14.4 Å². The normalized spacial score (nSPS) is 28.8. The van der Waals surface area contributed by atoms with Crippen LogP contribution in [0.3, 0.4) is 0 Å². The number of likely N-dealkylation sites (tertiary alicyclic amines) is 1. The molecule has 3 heteroatoms. The Hall–Kier alpha value is -0.120. The van der Waals surface area contributed by atoms with Gasteiger partial charge in [0.15, 0.2) is 6.29 Å². The molecular formula is C14H27NO2. The number of hydrogen-bond donors (Lipinski definition) is 0. The van der Waals surface area contributed by atoms with Crippen LogP contribution in [0.2, 0.25) is 0 Å². The Bertz CT molecular complexity index is 231. The molecule has 0 aromatic rings. The van der Waals surface area contributed by atoms with Gasteiger partial charge in [0.25, 0.3) is 0 Å². The van der Waals surface area contributed by atoms with Crippen LogP contribution in [0, 0.1) is 11.3 Å². The zero-order valence-corrected chi connectivity index (χ0v) is 11.6. The van der Waals surface area contributed by atoms with Gasteiger partial charge in [-0.05, 0) is 30.7 Å². The molecule has 100 valence electrons. The van der Waals surface area contributed by atoms with Gasteiger partial charge in [0.05, 0.1) is 13.2 Å². The van der Waals surface area contributed by atoms with Gasteiger partial charge in [-0.15, -0.1) is 0 Å². The van der Waals surface area contributed by atoms with Crippen molar-refractivity contribution in [2.75, 3.05) is 32.8 Å². The van der Waals surface area contributed by atoms with E-state index in [1.807, 2.05) is 0 Å². The first-order valence-corrected chi connectivity index (χ1v) is 7.01. The van der Waals surface area contributed by atoms with Crippen LogP contribution in [0.15, 0.2) is 0 Å². The maximum Gasteiger partial charge on any atom is 0.158 e. The van der Waals surface area contributed by atoms with Crippen molar-refractivity contribution in [1.29, 1.82) is 0 Å². The van der Waals surface area contributed by atoms with E-state index < -0.39 is 0 Å². The van der Waals surface area contributed by atoms with Crippen LogP contribution in [0.25, 0.3) is 0 Å². The summed E-state index contributed by atoms with van der Waals surface area (Å²) in [4.78, 5) is 2.57. The summed E-state index contributed by atoms with van der Waals surface area (Å²) in [6.07, 6.45) is 3.47. The molecule has 0 spiro atoms. The Morgan fingerprint density at radius 1 is 1.18 bits per heavy atom. The Morgan fingerprint density at radius 2 is 1.88 bits per heavy atom. The van der Waals surface area contributed by atoms with E-state index in [-0.39, 0.29) is 6.29 Å². The number of nitrogens with zero attached hydrogens (tertiary/aromatic N) is 1. The minimum atomic E-state index is 0.0532. The molecule has 0 N–H and O–H groups in total. The van der Waals surface area contributed by atoms with Gasteiger partial charge in [-0.2, -0.15) is 0 Å². The molecule has 3 nitrogen and oxygen atoms in total. The van der Waals surface area contributed by atoms with E-state index in [0.29, 0.717) is 5.41 Å². The SMILES string of the molecule is CC(C)(C)C1CCN(CCC2OCCCO2)C1. The van der Waals surface area contributed by atoms with E-state index in [2.05, 4.69) is 25.7 Å². The Balaban J connectivity index is 1.67. The highest BCUT2D eigenvalue weighted by Gasteiger charge is 2.31. The Morgan fingerprint density at radius 3 is 2.47 bits per heavy atom. The molecule has 0 aromatic carbocycles. The molecule has 2 rings (SSSR count). The smallest absolute Gasteiger partial charge is 0.158 e. The summed E-state index contributed by atoms with van der Waals surface area (Å²) < 4.78 is 11.2. The number of hydrogen-bond acceptors (Lipinski definition) is 3. The first-order chi connectivity index (χ1) is 8.05. The highest BCUT2D eigenvalue weighted by Crippen LogP contribution is 2.33. The molecular weight excluding hydrogens is 214 g/mol. The fourth-order valence-electron chi connectivity index (χ4n) is 2.73. The maximum atomic E-state index is 5.58. The van der Waals surface area contributed by atoms with Crippen molar-refractivity contribution in [2.24, 2.45) is 11.3 Å². The van der Waals surface area contributed by atoms with Gasteiger partial charge in [-0.1, -0.05) is 20.8 Å². The Labute approximate surface area is 105 Å². The van der Waals surface area contributed by atoms with Crippen molar-refractivity contribution in [2.45, 2.75) is 46.3 Å². The lowest BCUT2D eigenvalue weighted by atomic mass is 9.80. The summed E-state index contributed by atoms with van der Waals surface area (Å²) in [5.74, 6) is 0.843. The minimum absolute atomic E-state index is 0.0532. The first-order valence-electron chi connectivity index (χ1n) is 7.01. The topological polar surface area (TPSA) is 21.7 Å². The molecule has 2 saturated heterocycles. The van der Waals surface area contributed by atoms with Gasteiger partial charge in [0.1, 0.15) is 0 Å². The van der Waals surface area contributed by atoms with Crippen LogP contribution in [-0.2, 0) is 9.47 Å². The molecule has 17 heavy (non-hydrogen) atoms. The monoisotopic (exact) mass is 241 g/mol.